The van der Waals surface area contributed by atoms with E-state index >= 15 is 0 Å². The fourth-order valence-electron chi connectivity index (χ4n) is 0.538. The molecule has 1 radical (unpaired) electrons. The number of nitrogens with zero attached hydrogens (tertiary/aromatic N) is 3. The number of hydrogen-bond donors (Lipinski definition) is 0. The average molecular weight is 110 g/mol. The van der Waals surface area contributed by atoms with Gasteiger partial charge in [-0.2, -0.15) is 0 Å². The minimum Gasteiger partial charge on any atom is -0.252 e. The lowest BCUT2D eigenvalue weighted by atomic mass is 10.5. The van der Waals surface area contributed by atoms with Gasteiger partial charge in [0.1, 0.15) is 6.33 Å². The molecule has 0 atom stereocenters. The molecular weight excluding hydrogens is 102 g/mol. The van der Waals surface area contributed by atoms with Crippen molar-refractivity contribution in [2.45, 2.75) is 19.9 Å². The van der Waals surface area contributed by atoms with Crippen LogP contribution in [-0.4, -0.2) is 14.8 Å². The third kappa shape index (κ3) is 1.05. The van der Waals surface area contributed by atoms with E-state index in [9.17, 15) is 0 Å². The molecular formula is C5H8N3. The van der Waals surface area contributed by atoms with Crippen molar-refractivity contribution in [1.29, 1.82) is 0 Å². The van der Waals surface area contributed by atoms with Crippen LogP contribution in [-0.2, 0) is 6.54 Å². The summed E-state index contributed by atoms with van der Waals surface area (Å²) in [5.41, 5.74) is 0. The molecule has 0 bridgehead atoms. The van der Waals surface area contributed by atoms with Crippen LogP contribution in [0.2, 0.25) is 0 Å². The molecule has 1 aromatic heterocycles. The second-order valence-electron chi connectivity index (χ2n) is 1.61. The smallest absolute Gasteiger partial charge is 0.220 e. The lowest BCUT2D eigenvalue weighted by Crippen LogP contribution is -1.95. The second-order valence-corrected chi connectivity index (χ2v) is 1.61. The minimum atomic E-state index is 0.941. The normalized spacial score (nSPS) is 9.62. The largest absolute Gasteiger partial charge is 0.252 e. The molecule has 3 heteroatoms. The summed E-state index contributed by atoms with van der Waals surface area (Å²) in [6.07, 6.45) is 5.24. The number of rotatable bonds is 2. The molecule has 0 aliphatic rings. The molecule has 8 heavy (non-hydrogen) atoms. The van der Waals surface area contributed by atoms with Crippen LogP contribution in [0.25, 0.3) is 0 Å². The van der Waals surface area contributed by atoms with E-state index in [0.29, 0.717) is 0 Å². The van der Waals surface area contributed by atoms with Gasteiger partial charge in [-0.3, -0.25) is 4.68 Å². The van der Waals surface area contributed by atoms with Gasteiger partial charge in [-0.1, -0.05) is 6.92 Å². The van der Waals surface area contributed by atoms with E-state index in [2.05, 4.69) is 23.3 Å². The van der Waals surface area contributed by atoms with Gasteiger partial charge in [-0.05, 0) is 6.42 Å². The van der Waals surface area contributed by atoms with Crippen molar-refractivity contribution in [3.63, 3.8) is 0 Å². The van der Waals surface area contributed by atoms with Crippen molar-refractivity contribution in [3.05, 3.63) is 12.7 Å². The Bertz CT molecular complexity index is 133. The van der Waals surface area contributed by atoms with Crippen LogP contribution in [0.4, 0.5) is 0 Å². The van der Waals surface area contributed by atoms with Gasteiger partial charge < -0.3 is 0 Å². The van der Waals surface area contributed by atoms with Crippen LogP contribution in [0, 0.1) is 6.33 Å². The van der Waals surface area contributed by atoms with Gasteiger partial charge in [0.25, 0.3) is 0 Å². The van der Waals surface area contributed by atoms with Gasteiger partial charge in [0.15, 0.2) is 0 Å². The Morgan fingerprint density at radius 1 is 1.75 bits per heavy atom. The van der Waals surface area contributed by atoms with Crippen molar-refractivity contribution in [2.24, 2.45) is 0 Å². The summed E-state index contributed by atoms with van der Waals surface area (Å²) < 4.78 is 1.76. The van der Waals surface area contributed by atoms with E-state index in [-0.39, 0.29) is 0 Å². The fourth-order valence-corrected chi connectivity index (χ4v) is 0.538. The second kappa shape index (κ2) is 2.45. The maximum Gasteiger partial charge on any atom is 0.220 e. The summed E-state index contributed by atoms with van der Waals surface area (Å²) in [6, 6.07) is 0. The van der Waals surface area contributed by atoms with Crippen molar-refractivity contribution < 1.29 is 0 Å². The third-order valence-corrected chi connectivity index (χ3v) is 0.875. The molecule has 43 valence electrons. The summed E-state index contributed by atoms with van der Waals surface area (Å²) in [5, 5.41) is 3.79. The van der Waals surface area contributed by atoms with Gasteiger partial charge in [-0.15, -0.1) is 5.10 Å². The molecule has 1 aromatic rings. The first-order valence-electron chi connectivity index (χ1n) is 2.69. The van der Waals surface area contributed by atoms with E-state index in [0.717, 1.165) is 13.0 Å². The van der Waals surface area contributed by atoms with Crippen LogP contribution in [0.1, 0.15) is 13.3 Å². The molecule has 0 unspecified atom stereocenters. The minimum absolute atomic E-state index is 0.941. The van der Waals surface area contributed by atoms with E-state index in [1.807, 2.05) is 0 Å². The van der Waals surface area contributed by atoms with Gasteiger partial charge in [0, 0.05) is 6.54 Å². The Kier molecular flexibility index (Phi) is 1.62. The Morgan fingerprint density at radius 3 is 3.12 bits per heavy atom. The number of hydrogen-bond acceptors (Lipinski definition) is 2. The predicted molar refractivity (Wildman–Crippen MR) is 29.1 cm³/mol. The molecule has 0 aliphatic carbocycles. The van der Waals surface area contributed by atoms with Crippen molar-refractivity contribution in [1.82, 2.24) is 14.8 Å². The molecule has 0 saturated carbocycles. The van der Waals surface area contributed by atoms with Gasteiger partial charge in [-0.25, -0.2) is 4.98 Å². The zero-order chi connectivity index (χ0) is 5.82. The van der Waals surface area contributed by atoms with Crippen LogP contribution in [0.15, 0.2) is 6.33 Å². The zero-order valence-electron chi connectivity index (χ0n) is 4.83. The van der Waals surface area contributed by atoms with Crippen molar-refractivity contribution in [3.8, 4) is 0 Å². The maximum absolute atomic E-state index is 3.79. The quantitative estimate of drug-likeness (QED) is 0.554. The molecule has 0 spiro atoms. The fraction of sp³-hybridized carbons (Fsp3) is 0.600. The molecule has 1 heterocycles. The first-order chi connectivity index (χ1) is 3.93. The number of aryl methyl sites for hydroxylation is 1. The predicted octanol–water partition coefficient (Wildman–Crippen LogP) is 0.488. The standard InChI is InChI=1S/C5H8N3/c1-2-3-8-5-6-4-7-8/h5H,2-3H2,1H3. The van der Waals surface area contributed by atoms with Gasteiger partial charge >= 0.3 is 0 Å². The zero-order valence-corrected chi connectivity index (χ0v) is 4.83. The Hall–Kier alpha value is -0.860. The summed E-state index contributed by atoms with van der Waals surface area (Å²) in [7, 11) is 0. The molecule has 0 amide bonds. The Labute approximate surface area is 48.4 Å². The molecule has 0 aliphatic heterocycles. The molecule has 0 N–H and O–H groups in total. The van der Waals surface area contributed by atoms with Crippen LogP contribution in [0.3, 0.4) is 0 Å². The van der Waals surface area contributed by atoms with E-state index in [1.54, 1.807) is 11.0 Å². The first kappa shape index (κ1) is 5.28. The van der Waals surface area contributed by atoms with Crippen LogP contribution in [0.5, 0.6) is 0 Å². The molecule has 3 nitrogen and oxygen atoms in total. The van der Waals surface area contributed by atoms with Crippen molar-refractivity contribution in [2.75, 3.05) is 0 Å². The molecule has 0 saturated heterocycles. The third-order valence-electron chi connectivity index (χ3n) is 0.875. The highest BCUT2D eigenvalue weighted by Gasteiger charge is 1.84. The van der Waals surface area contributed by atoms with Crippen LogP contribution < -0.4 is 0 Å². The van der Waals surface area contributed by atoms with E-state index < -0.39 is 0 Å². The van der Waals surface area contributed by atoms with E-state index in [4.69, 9.17) is 0 Å². The lowest BCUT2D eigenvalue weighted by molar-refractivity contribution is 0.600. The van der Waals surface area contributed by atoms with Gasteiger partial charge in [0.05, 0.1) is 0 Å². The van der Waals surface area contributed by atoms with Crippen molar-refractivity contribution >= 4 is 0 Å². The molecule has 0 fully saturated rings. The maximum atomic E-state index is 3.79. The Morgan fingerprint density at radius 2 is 2.62 bits per heavy atom. The number of aromatic nitrogens is 3. The summed E-state index contributed by atoms with van der Waals surface area (Å²) in [4.78, 5) is 3.67. The van der Waals surface area contributed by atoms with Crippen LogP contribution >= 0.6 is 0 Å². The summed E-state index contributed by atoms with van der Waals surface area (Å²) >= 11 is 0. The highest BCUT2D eigenvalue weighted by molar-refractivity contribution is 4.52. The Balaban J connectivity index is 2.50. The average Bonchev–Trinajstić information content (AvgIpc) is 2.19. The first-order valence-corrected chi connectivity index (χ1v) is 2.69. The summed E-state index contributed by atoms with van der Waals surface area (Å²) in [6.45, 7) is 3.04. The topological polar surface area (TPSA) is 30.7 Å². The van der Waals surface area contributed by atoms with Gasteiger partial charge in [0.2, 0.25) is 6.33 Å². The monoisotopic (exact) mass is 110 g/mol. The molecule has 0 aromatic carbocycles. The lowest BCUT2D eigenvalue weighted by Gasteiger charge is -1.90. The highest BCUT2D eigenvalue weighted by atomic mass is 15.3. The molecule has 1 rings (SSSR count). The highest BCUT2D eigenvalue weighted by Crippen LogP contribution is 1.82. The SMILES string of the molecule is CCCn1cn[c]n1. The summed E-state index contributed by atoms with van der Waals surface area (Å²) in [5.74, 6) is 0. The van der Waals surface area contributed by atoms with E-state index in [1.165, 1.54) is 0 Å².